The van der Waals surface area contributed by atoms with Gasteiger partial charge in [0.05, 0.1) is 24.8 Å². The summed E-state index contributed by atoms with van der Waals surface area (Å²) < 4.78 is 11.5. The summed E-state index contributed by atoms with van der Waals surface area (Å²) in [6, 6.07) is 6.06. The lowest BCUT2D eigenvalue weighted by molar-refractivity contribution is 0.268. The number of fused-ring (bicyclic) bond motifs is 3. The van der Waals surface area contributed by atoms with E-state index in [9.17, 15) is 0 Å². The highest BCUT2D eigenvalue weighted by Gasteiger charge is 2.14. The van der Waals surface area contributed by atoms with Crippen LogP contribution < -0.4 is 9.47 Å². The average molecular weight is 345 g/mol. The van der Waals surface area contributed by atoms with Gasteiger partial charge in [0.15, 0.2) is 11.5 Å². The quantitative estimate of drug-likeness (QED) is 0.522. The van der Waals surface area contributed by atoms with Crippen molar-refractivity contribution in [1.82, 2.24) is 14.9 Å². The summed E-state index contributed by atoms with van der Waals surface area (Å²) in [5.74, 6) is 1.53. The number of thioether (sulfide) groups is 1. The number of H-pyrrole nitrogens is 1. The fourth-order valence-corrected chi connectivity index (χ4v) is 3.40. The molecular formula is C18H23N3O2S. The van der Waals surface area contributed by atoms with Gasteiger partial charge in [-0.05, 0) is 38.9 Å². The maximum absolute atomic E-state index is 5.95. The molecule has 3 aromatic rings. The largest absolute Gasteiger partial charge is 0.493 e. The zero-order valence-electron chi connectivity index (χ0n) is 14.5. The van der Waals surface area contributed by atoms with E-state index in [2.05, 4.69) is 29.0 Å². The van der Waals surface area contributed by atoms with Gasteiger partial charge in [-0.25, -0.2) is 4.98 Å². The Kier molecular flexibility index (Phi) is 5.16. The van der Waals surface area contributed by atoms with Crippen LogP contribution in [0.5, 0.6) is 11.5 Å². The number of nitrogens with zero attached hydrogens (tertiary/aromatic N) is 2. The predicted octanol–water partition coefficient (Wildman–Crippen LogP) is 3.78. The van der Waals surface area contributed by atoms with E-state index in [1.54, 1.807) is 18.9 Å². The summed E-state index contributed by atoms with van der Waals surface area (Å²) >= 11 is 1.65. The molecule has 128 valence electrons. The number of aromatic amines is 1. The van der Waals surface area contributed by atoms with E-state index in [1.807, 2.05) is 30.7 Å². The van der Waals surface area contributed by atoms with Gasteiger partial charge in [-0.1, -0.05) is 0 Å². The molecule has 0 saturated heterocycles. The van der Waals surface area contributed by atoms with E-state index in [0.717, 1.165) is 51.3 Å². The van der Waals surface area contributed by atoms with E-state index in [1.165, 1.54) is 0 Å². The van der Waals surface area contributed by atoms with Crippen LogP contribution >= 0.6 is 11.8 Å². The maximum Gasteiger partial charge on any atom is 0.163 e. The summed E-state index contributed by atoms with van der Waals surface area (Å²) in [5, 5.41) is 3.26. The molecule has 0 saturated carbocycles. The molecule has 0 radical (unpaired) electrons. The SMILES string of the molecule is COc1cc2c(cc1OCCCN(C)C)[nH]c1ccnc(SC)c12. The summed E-state index contributed by atoms with van der Waals surface area (Å²) in [4.78, 5) is 10.1. The van der Waals surface area contributed by atoms with Crippen LogP contribution in [0, 0.1) is 0 Å². The molecule has 2 heterocycles. The van der Waals surface area contributed by atoms with Crippen molar-refractivity contribution in [2.24, 2.45) is 0 Å². The molecular weight excluding hydrogens is 322 g/mol. The smallest absolute Gasteiger partial charge is 0.163 e. The van der Waals surface area contributed by atoms with Gasteiger partial charge < -0.3 is 19.4 Å². The van der Waals surface area contributed by atoms with Gasteiger partial charge in [0.25, 0.3) is 0 Å². The van der Waals surface area contributed by atoms with Crippen LogP contribution in [-0.2, 0) is 0 Å². The maximum atomic E-state index is 5.95. The zero-order chi connectivity index (χ0) is 17.1. The molecule has 2 aromatic heterocycles. The van der Waals surface area contributed by atoms with Crippen LogP contribution in [0.1, 0.15) is 6.42 Å². The first-order valence-corrected chi connectivity index (χ1v) is 9.16. The first-order valence-electron chi connectivity index (χ1n) is 7.94. The fourth-order valence-electron chi connectivity index (χ4n) is 2.81. The van der Waals surface area contributed by atoms with Crippen molar-refractivity contribution < 1.29 is 9.47 Å². The van der Waals surface area contributed by atoms with Crippen molar-refractivity contribution in [2.75, 3.05) is 40.6 Å². The molecule has 6 heteroatoms. The van der Waals surface area contributed by atoms with Gasteiger partial charge in [0.1, 0.15) is 5.03 Å². The molecule has 5 nitrogen and oxygen atoms in total. The van der Waals surface area contributed by atoms with Crippen molar-refractivity contribution in [1.29, 1.82) is 0 Å². The Hall–Kier alpha value is -1.92. The van der Waals surface area contributed by atoms with Crippen molar-refractivity contribution >= 4 is 33.6 Å². The Morgan fingerprint density at radius 3 is 2.75 bits per heavy atom. The third-order valence-corrected chi connectivity index (χ3v) is 4.66. The van der Waals surface area contributed by atoms with Crippen molar-refractivity contribution in [3.63, 3.8) is 0 Å². The predicted molar refractivity (Wildman–Crippen MR) is 101 cm³/mol. The Morgan fingerprint density at radius 1 is 1.21 bits per heavy atom. The second-order valence-corrected chi connectivity index (χ2v) is 6.72. The molecule has 0 aliphatic heterocycles. The molecule has 0 amide bonds. The molecule has 1 N–H and O–H groups in total. The molecule has 0 bridgehead atoms. The van der Waals surface area contributed by atoms with Crippen LogP contribution in [0.25, 0.3) is 21.8 Å². The van der Waals surface area contributed by atoms with Crippen LogP contribution in [0.4, 0.5) is 0 Å². The van der Waals surface area contributed by atoms with E-state index in [-0.39, 0.29) is 0 Å². The number of pyridine rings is 1. The third kappa shape index (κ3) is 3.30. The number of aromatic nitrogens is 2. The number of rotatable bonds is 7. The number of benzene rings is 1. The topological polar surface area (TPSA) is 50.4 Å². The normalized spacial score (nSPS) is 11.5. The number of hydrogen-bond acceptors (Lipinski definition) is 5. The summed E-state index contributed by atoms with van der Waals surface area (Å²) in [6.45, 7) is 1.66. The van der Waals surface area contributed by atoms with Gasteiger partial charge in [-0.15, -0.1) is 11.8 Å². The Morgan fingerprint density at radius 2 is 2.04 bits per heavy atom. The lowest BCUT2D eigenvalue weighted by Gasteiger charge is -2.13. The van der Waals surface area contributed by atoms with Gasteiger partial charge in [0, 0.05) is 29.6 Å². The summed E-state index contributed by atoms with van der Waals surface area (Å²) in [6.07, 6.45) is 4.85. The van der Waals surface area contributed by atoms with E-state index >= 15 is 0 Å². The summed E-state index contributed by atoms with van der Waals surface area (Å²) in [5.41, 5.74) is 2.12. The molecule has 0 fully saturated rings. The van der Waals surface area contributed by atoms with Gasteiger partial charge >= 0.3 is 0 Å². The van der Waals surface area contributed by atoms with E-state index in [0.29, 0.717) is 6.61 Å². The lowest BCUT2D eigenvalue weighted by atomic mass is 10.2. The first kappa shape index (κ1) is 16.9. The van der Waals surface area contributed by atoms with Crippen LogP contribution in [0.3, 0.4) is 0 Å². The second kappa shape index (κ2) is 7.32. The van der Waals surface area contributed by atoms with Gasteiger partial charge in [-0.3, -0.25) is 0 Å². The molecule has 3 rings (SSSR count). The molecule has 1 aromatic carbocycles. The Bertz CT molecular complexity index is 845. The standard InChI is InChI=1S/C18H23N3O2S/c1-21(2)8-5-9-23-16-11-14-12(10-15(16)22-3)17-13(20-14)6-7-19-18(17)24-4/h6-7,10-11,20H,5,8-9H2,1-4H3. The molecule has 0 aliphatic carbocycles. The van der Waals surface area contributed by atoms with Crippen molar-refractivity contribution in [2.45, 2.75) is 11.4 Å². The Labute approximate surface area is 146 Å². The molecule has 0 spiro atoms. The molecule has 0 unspecified atom stereocenters. The number of methoxy groups -OCH3 is 1. The van der Waals surface area contributed by atoms with Gasteiger partial charge in [0.2, 0.25) is 0 Å². The Balaban J connectivity index is 1.98. The van der Waals surface area contributed by atoms with Crippen LogP contribution in [0.2, 0.25) is 0 Å². The van der Waals surface area contributed by atoms with Crippen LogP contribution in [0.15, 0.2) is 29.4 Å². The average Bonchev–Trinajstić information content (AvgIpc) is 2.95. The number of nitrogens with one attached hydrogen (secondary N) is 1. The number of hydrogen-bond donors (Lipinski definition) is 1. The van der Waals surface area contributed by atoms with E-state index < -0.39 is 0 Å². The third-order valence-electron chi connectivity index (χ3n) is 3.96. The van der Waals surface area contributed by atoms with Crippen LogP contribution in [-0.4, -0.2) is 55.5 Å². The molecule has 24 heavy (non-hydrogen) atoms. The zero-order valence-corrected chi connectivity index (χ0v) is 15.4. The highest BCUT2D eigenvalue weighted by atomic mass is 32.2. The van der Waals surface area contributed by atoms with E-state index in [4.69, 9.17) is 9.47 Å². The number of ether oxygens (including phenoxy) is 2. The minimum atomic E-state index is 0.665. The molecule has 0 atom stereocenters. The minimum absolute atomic E-state index is 0.665. The highest BCUT2D eigenvalue weighted by molar-refractivity contribution is 7.98. The fraction of sp³-hybridized carbons (Fsp3) is 0.389. The van der Waals surface area contributed by atoms with Gasteiger partial charge in [-0.2, -0.15) is 0 Å². The summed E-state index contributed by atoms with van der Waals surface area (Å²) in [7, 11) is 5.80. The highest BCUT2D eigenvalue weighted by Crippen LogP contribution is 2.38. The minimum Gasteiger partial charge on any atom is -0.493 e. The van der Waals surface area contributed by atoms with Crippen molar-refractivity contribution in [3.05, 3.63) is 24.4 Å². The monoisotopic (exact) mass is 345 g/mol. The lowest BCUT2D eigenvalue weighted by Crippen LogP contribution is -2.15. The van der Waals surface area contributed by atoms with Crippen molar-refractivity contribution in [3.8, 4) is 11.5 Å². The first-order chi connectivity index (χ1) is 11.6. The second-order valence-electron chi connectivity index (χ2n) is 5.92. The molecule has 0 aliphatic rings.